The van der Waals surface area contributed by atoms with E-state index >= 15 is 0 Å². The smallest absolute Gasteiger partial charge is 0.272 e. The van der Waals surface area contributed by atoms with E-state index in [4.69, 9.17) is 4.74 Å². The summed E-state index contributed by atoms with van der Waals surface area (Å²) in [5.41, 5.74) is 2.85. The second-order valence-corrected chi connectivity index (χ2v) is 7.61. The number of nitrogens with one attached hydrogen (secondary N) is 1. The summed E-state index contributed by atoms with van der Waals surface area (Å²) in [4.78, 5) is 38.8. The van der Waals surface area contributed by atoms with E-state index in [2.05, 4.69) is 32.1 Å². The van der Waals surface area contributed by atoms with Gasteiger partial charge in [0.15, 0.2) is 0 Å². The first-order chi connectivity index (χ1) is 14.5. The largest absolute Gasteiger partial charge is 0.486 e. The Morgan fingerprint density at radius 3 is 2.87 bits per heavy atom. The van der Waals surface area contributed by atoms with Crippen molar-refractivity contribution in [3.05, 3.63) is 47.3 Å². The van der Waals surface area contributed by atoms with Crippen LogP contribution in [0.3, 0.4) is 0 Å². The van der Waals surface area contributed by atoms with Gasteiger partial charge in [0.2, 0.25) is 0 Å². The number of amides is 2. The molecule has 4 heterocycles. The summed E-state index contributed by atoms with van der Waals surface area (Å²) in [6.07, 6.45) is 8.07. The molecule has 1 fully saturated rings. The maximum absolute atomic E-state index is 12.0. The van der Waals surface area contributed by atoms with Gasteiger partial charge in [-0.25, -0.2) is 9.98 Å². The number of fused-ring (bicyclic) bond motifs is 1. The number of carbonyl (C=O) groups excluding carboxylic acids is 2. The van der Waals surface area contributed by atoms with E-state index in [0.717, 1.165) is 29.9 Å². The lowest BCUT2D eigenvalue weighted by atomic mass is 9.96. The zero-order chi connectivity index (χ0) is 21.3. The summed E-state index contributed by atoms with van der Waals surface area (Å²) >= 11 is 0. The van der Waals surface area contributed by atoms with Crippen LogP contribution in [0.1, 0.15) is 30.8 Å². The maximum atomic E-state index is 12.0. The first-order valence-electron chi connectivity index (χ1n) is 10.1. The van der Waals surface area contributed by atoms with Gasteiger partial charge in [0, 0.05) is 38.0 Å². The summed E-state index contributed by atoms with van der Waals surface area (Å²) < 4.78 is 6.01. The number of pyridine rings is 1. The van der Waals surface area contributed by atoms with Crippen molar-refractivity contribution >= 4 is 23.7 Å². The molecule has 0 aliphatic carbocycles. The van der Waals surface area contributed by atoms with Crippen LogP contribution in [0.5, 0.6) is 5.75 Å². The topological polar surface area (TPSA) is 96.2 Å². The number of rotatable bonds is 6. The monoisotopic (exact) mass is 407 g/mol. The van der Waals surface area contributed by atoms with Crippen molar-refractivity contribution in [3.63, 3.8) is 0 Å². The van der Waals surface area contributed by atoms with E-state index in [1.54, 1.807) is 25.4 Å². The Balaban J connectivity index is 1.32. The molecule has 1 aromatic heterocycles. The minimum Gasteiger partial charge on any atom is -0.486 e. The summed E-state index contributed by atoms with van der Waals surface area (Å²) in [6.45, 7) is 5.57. The number of nitrogens with zero attached hydrogens (tertiary/aromatic N) is 4. The predicted octanol–water partition coefficient (Wildman–Crippen LogP) is 1.59. The molecule has 3 atom stereocenters. The number of aromatic nitrogens is 1. The summed E-state index contributed by atoms with van der Waals surface area (Å²) in [5, 5.41) is 2.55. The van der Waals surface area contributed by atoms with Gasteiger partial charge in [-0.2, -0.15) is 0 Å². The molecule has 1 unspecified atom stereocenters. The van der Waals surface area contributed by atoms with Crippen molar-refractivity contribution in [1.82, 2.24) is 15.2 Å². The van der Waals surface area contributed by atoms with Crippen LogP contribution in [-0.4, -0.2) is 71.9 Å². The average Bonchev–Trinajstić information content (AvgIpc) is 2.77. The van der Waals surface area contributed by atoms with Crippen LogP contribution in [0, 0.1) is 0 Å². The van der Waals surface area contributed by atoms with Crippen LogP contribution in [0.25, 0.3) is 0 Å². The molecular weight excluding hydrogens is 382 g/mol. The van der Waals surface area contributed by atoms with Gasteiger partial charge in [-0.1, -0.05) is 6.92 Å². The van der Waals surface area contributed by atoms with E-state index in [1.807, 2.05) is 25.3 Å². The molecule has 3 aliphatic heterocycles. The quantitative estimate of drug-likeness (QED) is 0.773. The molecule has 0 saturated carbocycles. The number of carbonyl (C=O) groups is 2. The number of hydrogen-bond acceptors (Lipinski definition) is 6. The van der Waals surface area contributed by atoms with Gasteiger partial charge in [0.05, 0.1) is 11.9 Å². The Morgan fingerprint density at radius 2 is 2.20 bits per heavy atom. The minimum absolute atomic E-state index is 0.0511. The lowest BCUT2D eigenvalue weighted by molar-refractivity contribution is -0.114. The molecule has 1 N–H and O–H groups in total. The Hall–Kier alpha value is -3.13. The molecule has 156 valence electrons. The summed E-state index contributed by atoms with van der Waals surface area (Å²) in [7, 11) is 1.57. The first kappa shape index (κ1) is 20.2. The number of likely N-dealkylation sites (tertiary alicyclic amines) is 1. The SMILES string of the molecule is CCC1=CC2N=CC(CN3C[C@H](Oc4ccc(C(=O)NC)nc4)[C@@H]3C)=CC2=NC1=O. The van der Waals surface area contributed by atoms with Crippen LogP contribution < -0.4 is 10.1 Å². The van der Waals surface area contributed by atoms with Crippen molar-refractivity contribution in [1.29, 1.82) is 0 Å². The van der Waals surface area contributed by atoms with Gasteiger partial charge in [0.25, 0.3) is 11.8 Å². The van der Waals surface area contributed by atoms with Gasteiger partial charge in [-0.05, 0) is 43.2 Å². The molecule has 1 saturated heterocycles. The molecule has 2 amide bonds. The molecule has 4 rings (SSSR count). The van der Waals surface area contributed by atoms with Gasteiger partial charge in [0.1, 0.15) is 23.6 Å². The highest BCUT2D eigenvalue weighted by Crippen LogP contribution is 2.26. The van der Waals surface area contributed by atoms with E-state index in [0.29, 0.717) is 17.9 Å². The fraction of sp³-hybridized carbons (Fsp3) is 0.409. The molecule has 0 spiro atoms. The number of dihydropyridines is 2. The van der Waals surface area contributed by atoms with Crippen LogP contribution >= 0.6 is 0 Å². The van der Waals surface area contributed by atoms with E-state index in [-0.39, 0.29) is 30.0 Å². The fourth-order valence-electron chi connectivity index (χ4n) is 3.71. The standard InChI is InChI=1S/C22H25N5O3/c1-4-15-8-18-19(26-21(15)28)7-14(9-24-18)11-27-12-20(13(27)2)30-16-5-6-17(25-10-16)22(29)23-3/h5-10,13,18,20H,4,11-12H2,1-3H3,(H,23,29)/t13-,18?,20-/m0/s1. The van der Waals surface area contributed by atoms with Crippen LogP contribution in [-0.2, 0) is 4.79 Å². The zero-order valence-corrected chi connectivity index (χ0v) is 17.3. The molecule has 8 nitrogen and oxygen atoms in total. The van der Waals surface area contributed by atoms with Crippen molar-refractivity contribution < 1.29 is 14.3 Å². The average molecular weight is 407 g/mol. The third-order valence-corrected chi connectivity index (χ3v) is 5.68. The van der Waals surface area contributed by atoms with Gasteiger partial charge >= 0.3 is 0 Å². The number of ether oxygens (including phenoxy) is 1. The summed E-state index contributed by atoms with van der Waals surface area (Å²) in [5.74, 6) is 0.271. The second kappa shape index (κ2) is 8.31. The van der Waals surface area contributed by atoms with E-state index in [9.17, 15) is 9.59 Å². The second-order valence-electron chi connectivity index (χ2n) is 7.61. The molecule has 30 heavy (non-hydrogen) atoms. The van der Waals surface area contributed by atoms with Crippen molar-refractivity contribution in [3.8, 4) is 5.75 Å². The zero-order valence-electron chi connectivity index (χ0n) is 17.3. The van der Waals surface area contributed by atoms with Crippen molar-refractivity contribution in [2.24, 2.45) is 9.98 Å². The minimum atomic E-state index is -0.222. The highest BCUT2D eigenvalue weighted by Gasteiger charge is 2.37. The molecular formula is C22H25N5O3. The van der Waals surface area contributed by atoms with E-state index in [1.165, 1.54) is 0 Å². The molecule has 0 aromatic carbocycles. The number of hydrogen-bond donors (Lipinski definition) is 1. The van der Waals surface area contributed by atoms with Crippen LogP contribution in [0.4, 0.5) is 0 Å². The number of aliphatic imine (C=N–C) groups is 2. The van der Waals surface area contributed by atoms with Gasteiger partial charge in [-0.3, -0.25) is 19.5 Å². The molecule has 8 heteroatoms. The van der Waals surface area contributed by atoms with Crippen LogP contribution in [0.2, 0.25) is 0 Å². The molecule has 0 radical (unpaired) electrons. The Labute approximate surface area is 175 Å². The van der Waals surface area contributed by atoms with E-state index < -0.39 is 0 Å². The van der Waals surface area contributed by atoms with Crippen molar-refractivity contribution in [2.45, 2.75) is 38.5 Å². The molecule has 1 aromatic rings. The predicted molar refractivity (Wildman–Crippen MR) is 114 cm³/mol. The normalized spacial score (nSPS) is 25.5. The molecule has 0 bridgehead atoms. The van der Waals surface area contributed by atoms with Crippen LogP contribution in [0.15, 0.2) is 51.6 Å². The lowest BCUT2D eigenvalue weighted by Crippen LogP contribution is -2.61. The Morgan fingerprint density at radius 1 is 1.37 bits per heavy atom. The third-order valence-electron chi connectivity index (χ3n) is 5.68. The highest BCUT2D eigenvalue weighted by atomic mass is 16.5. The Bertz CT molecular complexity index is 977. The van der Waals surface area contributed by atoms with Gasteiger partial charge in [-0.15, -0.1) is 0 Å². The van der Waals surface area contributed by atoms with Gasteiger partial charge < -0.3 is 10.1 Å². The fourth-order valence-corrected chi connectivity index (χ4v) is 3.71. The third kappa shape index (κ3) is 3.95. The molecule has 3 aliphatic rings. The van der Waals surface area contributed by atoms with Crippen molar-refractivity contribution in [2.75, 3.05) is 20.1 Å². The first-order valence-corrected chi connectivity index (χ1v) is 10.1. The Kier molecular flexibility index (Phi) is 5.59. The summed E-state index contributed by atoms with van der Waals surface area (Å²) in [6, 6.07) is 3.49. The maximum Gasteiger partial charge on any atom is 0.272 e. The highest BCUT2D eigenvalue weighted by molar-refractivity contribution is 6.16. The lowest BCUT2D eigenvalue weighted by Gasteiger charge is -2.46.